The Balaban J connectivity index is 1.67. The summed E-state index contributed by atoms with van der Waals surface area (Å²) in [6, 6.07) is 19.0. The highest BCUT2D eigenvalue weighted by Gasteiger charge is 2.26. The molecule has 0 saturated heterocycles. The quantitative estimate of drug-likeness (QED) is 0.759. The van der Waals surface area contributed by atoms with E-state index in [-0.39, 0.29) is 12.3 Å². The van der Waals surface area contributed by atoms with Crippen LogP contribution in [0, 0.1) is 0 Å². The molecule has 0 fully saturated rings. The van der Waals surface area contributed by atoms with E-state index in [1.165, 1.54) is 0 Å². The zero-order chi connectivity index (χ0) is 17.0. The van der Waals surface area contributed by atoms with Crippen molar-refractivity contribution in [1.29, 1.82) is 0 Å². The van der Waals surface area contributed by atoms with Crippen LogP contribution in [0.2, 0.25) is 0 Å². The maximum absolute atomic E-state index is 12.3. The largest absolute Gasteiger partial charge is 0.385 e. The first-order valence-electron chi connectivity index (χ1n) is 7.93. The summed E-state index contributed by atoms with van der Waals surface area (Å²) in [6.45, 7) is 2.07. The van der Waals surface area contributed by atoms with Crippen molar-refractivity contribution in [3.05, 3.63) is 78.0 Å². The van der Waals surface area contributed by atoms with E-state index in [1.54, 1.807) is 13.1 Å². The van der Waals surface area contributed by atoms with Crippen LogP contribution >= 0.6 is 0 Å². The molecular formula is C20H20N2O2. The number of para-hydroxylation sites is 1. The minimum absolute atomic E-state index is 0.0139. The molecule has 0 aliphatic heterocycles. The van der Waals surface area contributed by atoms with Crippen LogP contribution in [0.1, 0.15) is 24.5 Å². The van der Waals surface area contributed by atoms with Crippen LogP contribution in [0.25, 0.3) is 10.9 Å². The van der Waals surface area contributed by atoms with Crippen LogP contribution in [0.15, 0.2) is 66.9 Å². The molecule has 1 aromatic heterocycles. The number of carbonyl (C=O) groups excluding carboxylic acids is 1. The summed E-state index contributed by atoms with van der Waals surface area (Å²) >= 11 is 0. The average molecular weight is 320 g/mol. The fraction of sp³-hybridized carbons (Fsp3) is 0.200. The number of carbonyl (C=O) groups is 1. The molecule has 0 spiro atoms. The summed E-state index contributed by atoms with van der Waals surface area (Å²) in [5.74, 6) is -0.190. The molecule has 24 heavy (non-hydrogen) atoms. The van der Waals surface area contributed by atoms with Crippen LogP contribution < -0.4 is 5.32 Å². The topological polar surface area (TPSA) is 62.2 Å². The van der Waals surface area contributed by atoms with Crippen LogP contribution in [0.3, 0.4) is 0 Å². The molecule has 0 bridgehead atoms. The first-order valence-corrected chi connectivity index (χ1v) is 7.93. The van der Waals surface area contributed by atoms with Crippen molar-refractivity contribution < 1.29 is 9.90 Å². The zero-order valence-electron chi connectivity index (χ0n) is 13.6. The van der Waals surface area contributed by atoms with Gasteiger partial charge in [0.2, 0.25) is 5.91 Å². The van der Waals surface area contributed by atoms with Crippen LogP contribution in [-0.2, 0) is 16.9 Å². The third-order valence-corrected chi connectivity index (χ3v) is 4.12. The summed E-state index contributed by atoms with van der Waals surface area (Å²) in [5, 5.41) is 14.5. The van der Waals surface area contributed by atoms with E-state index in [9.17, 15) is 9.90 Å². The van der Waals surface area contributed by atoms with Gasteiger partial charge in [-0.15, -0.1) is 0 Å². The van der Waals surface area contributed by atoms with Gasteiger partial charge in [0.15, 0.2) is 0 Å². The van der Waals surface area contributed by atoms with Crippen molar-refractivity contribution in [2.75, 3.05) is 0 Å². The van der Waals surface area contributed by atoms with E-state index in [1.807, 2.05) is 60.7 Å². The molecule has 0 aliphatic carbocycles. The molecule has 1 atom stereocenters. The molecule has 0 unspecified atom stereocenters. The molecule has 4 heteroatoms. The van der Waals surface area contributed by atoms with E-state index in [0.29, 0.717) is 6.54 Å². The molecule has 2 N–H and O–H groups in total. The number of amides is 1. The van der Waals surface area contributed by atoms with Gasteiger partial charge in [-0.25, -0.2) is 0 Å². The van der Waals surface area contributed by atoms with Crippen molar-refractivity contribution in [3.8, 4) is 0 Å². The number of aliphatic hydroxyl groups is 1. The maximum atomic E-state index is 12.3. The van der Waals surface area contributed by atoms with E-state index >= 15 is 0 Å². The van der Waals surface area contributed by atoms with Gasteiger partial charge in [-0.1, -0.05) is 48.5 Å². The van der Waals surface area contributed by atoms with Gasteiger partial charge in [-0.3, -0.25) is 9.78 Å². The Morgan fingerprint density at radius 3 is 2.58 bits per heavy atom. The van der Waals surface area contributed by atoms with Crippen LogP contribution in [0.4, 0.5) is 0 Å². The van der Waals surface area contributed by atoms with Crippen molar-refractivity contribution in [2.24, 2.45) is 0 Å². The SMILES string of the molecule is C[C@@](O)(CC(=O)NCc1ccnc2ccccc12)c1ccccc1. The second-order valence-corrected chi connectivity index (χ2v) is 6.08. The first kappa shape index (κ1) is 16.1. The predicted octanol–water partition coefficient (Wildman–Crippen LogP) is 3.15. The molecule has 3 aromatic rings. The predicted molar refractivity (Wildman–Crippen MR) is 94.2 cm³/mol. The van der Waals surface area contributed by atoms with Crippen LogP contribution in [-0.4, -0.2) is 16.0 Å². The fourth-order valence-electron chi connectivity index (χ4n) is 2.78. The molecule has 0 aliphatic rings. The van der Waals surface area contributed by atoms with Gasteiger partial charge in [0.05, 0.1) is 17.5 Å². The number of fused-ring (bicyclic) bond motifs is 1. The molecule has 4 nitrogen and oxygen atoms in total. The van der Waals surface area contributed by atoms with E-state index in [4.69, 9.17) is 0 Å². The number of pyridine rings is 1. The van der Waals surface area contributed by atoms with Crippen molar-refractivity contribution in [3.63, 3.8) is 0 Å². The molecule has 0 saturated carbocycles. The van der Waals surface area contributed by atoms with Gasteiger partial charge in [-0.2, -0.15) is 0 Å². The number of nitrogens with zero attached hydrogens (tertiary/aromatic N) is 1. The van der Waals surface area contributed by atoms with Crippen molar-refractivity contribution in [2.45, 2.75) is 25.5 Å². The Bertz CT molecular complexity index is 839. The summed E-state index contributed by atoms with van der Waals surface area (Å²) < 4.78 is 0. The Kier molecular flexibility index (Phi) is 4.58. The van der Waals surface area contributed by atoms with Crippen molar-refractivity contribution in [1.82, 2.24) is 10.3 Å². The average Bonchev–Trinajstić information content (AvgIpc) is 2.60. The Morgan fingerprint density at radius 2 is 1.79 bits per heavy atom. The minimum atomic E-state index is -1.19. The lowest BCUT2D eigenvalue weighted by Gasteiger charge is -2.23. The third kappa shape index (κ3) is 3.60. The lowest BCUT2D eigenvalue weighted by molar-refractivity contribution is -0.126. The molecule has 122 valence electrons. The van der Waals surface area contributed by atoms with Crippen LogP contribution in [0.5, 0.6) is 0 Å². The highest BCUT2D eigenvalue weighted by atomic mass is 16.3. The molecular weight excluding hydrogens is 300 g/mol. The molecule has 1 heterocycles. The monoisotopic (exact) mass is 320 g/mol. The van der Waals surface area contributed by atoms with E-state index in [0.717, 1.165) is 22.0 Å². The summed E-state index contributed by atoms with van der Waals surface area (Å²) in [4.78, 5) is 16.6. The van der Waals surface area contributed by atoms with Gasteiger partial charge < -0.3 is 10.4 Å². The second-order valence-electron chi connectivity index (χ2n) is 6.08. The third-order valence-electron chi connectivity index (χ3n) is 4.12. The molecule has 0 radical (unpaired) electrons. The number of aromatic nitrogens is 1. The first-order chi connectivity index (χ1) is 11.6. The lowest BCUT2D eigenvalue weighted by atomic mass is 9.92. The molecule has 1 amide bonds. The Labute approximate surface area is 141 Å². The highest BCUT2D eigenvalue weighted by Crippen LogP contribution is 2.24. The Morgan fingerprint density at radius 1 is 1.08 bits per heavy atom. The van der Waals surface area contributed by atoms with Gasteiger partial charge in [-0.05, 0) is 30.2 Å². The van der Waals surface area contributed by atoms with Crippen molar-refractivity contribution >= 4 is 16.8 Å². The zero-order valence-corrected chi connectivity index (χ0v) is 13.6. The van der Waals surface area contributed by atoms with E-state index < -0.39 is 5.60 Å². The summed E-state index contributed by atoms with van der Waals surface area (Å²) in [5.41, 5.74) is 1.45. The number of hydrogen-bond donors (Lipinski definition) is 2. The number of benzene rings is 2. The summed E-state index contributed by atoms with van der Waals surface area (Å²) in [7, 11) is 0. The number of rotatable bonds is 5. The van der Waals surface area contributed by atoms with Gasteiger partial charge in [0, 0.05) is 18.1 Å². The lowest BCUT2D eigenvalue weighted by Crippen LogP contribution is -2.32. The molecule has 3 rings (SSSR count). The smallest absolute Gasteiger partial charge is 0.223 e. The normalized spacial score (nSPS) is 13.4. The second kappa shape index (κ2) is 6.81. The van der Waals surface area contributed by atoms with Gasteiger partial charge in [0.1, 0.15) is 0 Å². The summed E-state index contributed by atoms with van der Waals surface area (Å²) in [6.07, 6.45) is 1.75. The minimum Gasteiger partial charge on any atom is -0.385 e. The van der Waals surface area contributed by atoms with Gasteiger partial charge >= 0.3 is 0 Å². The van der Waals surface area contributed by atoms with E-state index in [2.05, 4.69) is 10.3 Å². The Hall–Kier alpha value is -2.72. The fourth-order valence-corrected chi connectivity index (χ4v) is 2.78. The maximum Gasteiger partial charge on any atom is 0.223 e. The number of nitrogens with one attached hydrogen (secondary N) is 1. The number of hydrogen-bond acceptors (Lipinski definition) is 3. The standard InChI is InChI=1S/C20H20N2O2/c1-20(24,16-7-3-2-4-8-16)13-19(23)22-14-15-11-12-21-18-10-6-5-9-17(15)18/h2-12,24H,13-14H2,1H3,(H,22,23)/t20-/m1/s1. The highest BCUT2D eigenvalue weighted by molar-refractivity contribution is 5.83. The van der Waals surface area contributed by atoms with Gasteiger partial charge in [0.25, 0.3) is 0 Å². The molecule has 2 aromatic carbocycles.